The quantitative estimate of drug-likeness (QED) is 0.827. The molecule has 3 nitrogen and oxygen atoms in total. The van der Waals surface area contributed by atoms with Crippen molar-refractivity contribution in [3.63, 3.8) is 0 Å². The van der Waals surface area contributed by atoms with Crippen molar-refractivity contribution >= 4 is 17.4 Å². The Labute approximate surface area is 112 Å². The van der Waals surface area contributed by atoms with Crippen LogP contribution >= 0.6 is 11.6 Å². The van der Waals surface area contributed by atoms with Gasteiger partial charge in [-0.3, -0.25) is 0 Å². The average Bonchev–Trinajstić information content (AvgIpc) is 3.01. The zero-order chi connectivity index (χ0) is 12.5. The summed E-state index contributed by atoms with van der Waals surface area (Å²) in [5, 5.41) is 0.732. The molecule has 94 valence electrons. The van der Waals surface area contributed by atoms with Crippen molar-refractivity contribution in [1.82, 2.24) is 9.55 Å². The second-order valence-corrected chi connectivity index (χ2v) is 5.03. The number of rotatable bonds is 2. The normalized spacial score (nSPS) is 15.3. The first-order valence-electron chi connectivity index (χ1n) is 6.30. The van der Waals surface area contributed by atoms with Crippen LogP contribution in [-0.4, -0.2) is 22.6 Å². The molecule has 0 spiro atoms. The summed E-state index contributed by atoms with van der Waals surface area (Å²) >= 11 is 6.40. The van der Waals surface area contributed by atoms with Gasteiger partial charge in [0.15, 0.2) is 11.0 Å². The van der Waals surface area contributed by atoms with Gasteiger partial charge in [-0.1, -0.05) is 41.9 Å². The molecule has 2 heterocycles. The van der Waals surface area contributed by atoms with Crippen LogP contribution < -0.4 is 4.90 Å². The number of anilines is 1. The number of aromatic nitrogens is 2. The van der Waals surface area contributed by atoms with Crippen LogP contribution in [-0.2, 0) is 7.05 Å². The van der Waals surface area contributed by atoms with Gasteiger partial charge in [-0.2, -0.15) is 0 Å². The lowest BCUT2D eigenvalue weighted by Gasteiger charge is -2.14. The van der Waals surface area contributed by atoms with Crippen molar-refractivity contribution in [2.24, 2.45) is 7.05 Å². The summed E-state index contributed by atoms with van der Waals surface area (Å²) in [6.45, 7) is 2.12. The largest absolute Gasteiger partial charge is 0.354 e. The summed E-state index contributed by atoms with van der Waals surface area (Å²) in [4.78, 5) is 6.99. The Bertz CT molecular complexity index is 542. The van der Waals surface area contributed by atoms with Crippen LogP contribution in [0.15, 0.2) is 30.3 Å². The van der Waals surface area contributed by atoms with E-state index in [0.717, 1.165) is 35.4 Å². The number of imidazole rings is 1. The minimum Gasteiger partial charge on any atom is -0.354 e. The minimum absolute atomic E-state index is 0.732. The van der Waals surface area contributed by atoms with Crippen molar-refractivity contribution < 1.29 is 0 Å². The third kappa shape index (κ3) is 1.89. The van der Waals surface area contributed by atoms with Gasteiger partial charge in [0.1, 0.15) is 5.82 Å². The monoisotopic (exact) mass is 261 g/mol. The van der Waals surface area contributed by atoms with Gasteiger partial charge in [0.2, 0.25) is 0 Å². The van der Waals surface area contributed by atoms with Crippen molar-refractivity contribution in [2.45, 2.75) is 12.8 Å². The highest BCUT2D eigenvalue weighted by atomic mass is 35.5. The molecule has 0 amide bonds. The minimum atomic E-state index is 0.732. The Kier molecular flexibility index (Phi) is 3.00. The Morgan fingerprint density at radius 3 is 2.44 bits per heavy atom. The lowest BCUT2D eigenvalue weighted by Crippen LogP contribution is -2.18. The smallest absolute Gasteiger partial charge is 0.167 e. The Balaban J connectivity index is 2.04. The summed E-state index contributed by atoms with van der Waals surface area (Å²) in [7, 11) is 1.97. The summed E-state index contributed by atoms with van der Waals surface area (Å²) < 4.78 is 1.96. The van der Waals surface area contributed by atoms with E-state index in [0.29, 0.717) is 0 Å². The van der Waals surface area contributed by atoms with E-state index in [1.54, 1.807) is 0 Å². The summed E-state index contributed by atoms with van der Waals surface area (Å²) in [6, 6.07) is 10.2. The fourth-order valence-corrected chi connectivity index (χ4v) is 2.68. The number of nitrogens with zero attached hydrogens (tertiary/aromatic N) is 3. The number of hydrogen-bond acceptors (Lipinski definition) is 2. The highest BCUT2D eigenvalue weighted by Crippen LogP contribution is 2.32. The third-order valence-electron chi connectivity index (χ3n) is 3.45. The molecule has 1 fully saturated rings. The molecule has 0 N–H and O–H groups in total. The highest BCUT2D eigenvalue weighted by molar-refractivity contribution is 6.32. The van der Waals surface area contributed by atoms with E-state index in [-0.39, 0.29) is 0 Å². The second kappa shape index (κ2) is 4.65. The number of hydrogen-bond donors (Lipinski definition) is 0. The van der Waals surface area contributed by atoms with E-state index >= 15 is 0 Å². The van der Waals surface area contributed by atoms with Gasteiger partial charge in [-0.25, -0.2) is 4.98 Å². The van der Waals surface area contributed by atoms with E-state index in [2.05, 4.69) is 17.0 Å². The fraction of sp³-hybridized carbons (Fsp3) is 0.357. The molecule has 0 aliphatic carbocycles. The van der Waals surface area contributed by atoms with Crippen molar-refractivity contribution in [3.05, 3.63) is 35.5 Å². The lowest BCUT2D eigenvalue weighted by molar-refractivity contribution is 0.919. The molecule has 0 unspecified atom stereocenters. The van der Waals surface area contributed by atoms with Gasteiger partial charge < -0.3 is 9.47 Å². The highest BCUT2D eigenvalue weighted by Gasteiger charge is 2.21. The van der Waals surface area contributed by atoms with E-state index < -0.39 is 0 Å². The van der Waals surface area contributed by atoms with Crippen LogP contribution in [0.1, 0.15) is 12.8 Å². The third-order valence-corrected chi connectivity index (χ3v) is 3.87. The van der Waals surface area contributed by atoms with Crippen LogP contribution in [0.25, 0.3) is 11.4 Å². The first kappa shape index (κ1) is 11.6. The Morgan fingerprint density at radius 1 is 1.11 bits per heavy atom. The molecule has 1 aliphatic heterocycles. The molecule has 0 saturated carbocycles. The van der Waals surface area contributed by atoms with E-state index in [1.165, 1.54) is 12.8 Å². The zero-order valence-corrected chi connectivity index (χ0v) is 11.2. The number of benzene rings is 1. The number of halogens is 1. The molecule has 0 radical (unpaired) electrons. The second-order valence-electron chi connectivity index (χ2n) is 4.67. The maximum atomic E-state index is 6.40. The fourth-order valence-electron chi connectivity index (χ4n) is 2.44. The van der Waals surface area contributed by atoms with Crippen LogP contribution in [0.3, 0.4) is 0 Å². The predicted octanol–water partition coefficient (Wildman–Crippen LogP) is 3.34. The summed E-state index contributed by atoms with van der Waals surface area (Å²) in [6.07, 6.45) is 2.46. The van der Waals surface area contributed by atoms with Crippen LogP contribution in [0, 0.1) is 0 Å². The molecule has 1 aliphatic rings. The first-order chi connectivity index (χ1) is 8.77. The molecule has 1 aromatic carbocycles. The topological polar surface area (TPSA) is 21.1 Å². The van der Waals surface area contributed by atoms with Gasteiger partial charge in [-0.05, 0) is 12.8 Å². The molecule has 0 atom stereocenters. The van der Waals surface area contributed by atoms with Gasteiger partial charge in [0, 0.05) is 25.7 Å². The van der Waals surface area contributed by atoms with Gasteiger partial charge >= 0.3 is 0 Å². The van der Waals surface area contributed by atoms with E-state index in [1.807, 2.05) is 29.8 Å². The average molecular weight is 262 g/mol. The molecule has 18 heavy (non-hydrogen) atoms. The SMILES string of the molecule is Cn1c(-c2ccccc2)nc(N2CCCC2)c1Cl. The molecule has 2 aromatic rings. The predicted molar refractivity (Wildman–Crippen MR) is 75.1 cm³/mol. The molecule has 0 bridgehead atoms. The van der Waals surface area contributed by atoms with Gasteiger partial charge in [0.05, 0.1) is 0 Å². The molecular weight excluding hydrogens is 246 g/mol. The molecular formula is C14H16ClN3. The first-order valence-corrected chi connectivity index (χ1v) is 6.68. The maximum absolute atomic E-state index is 6.40. The molecule has 3 rings (SSSR count). The van der Waals surface area contributed by atoms with E-state index in [4.69, 9.17) is 16.6 Å². The lowest BCUT2D eigenvalue weighted by atomic mass is 10.2. The van der Waals surface area contributed by atoms with Crippen molar-refractivity contribution in [1.29, 1.82) is 0 Å². The van der Waals surface area contributed by atoms with Crippen molar-refractivity contribution in [3.8, 4) is 11.4 Å². The molecule has 1 saturated heterocycles. The Morgan fingerprint density at radius 2 is 1.78 bits per heavy atom. The van der Waals surface area contributed by atoms with Crippen LogP contribution in [0.4, 0.5) is 5.82 Å². The van der Waals surface area contributed by atoms with Crippen molar-refractivity contribution in [2.75, 3.05) is 18.0 Å². The standard InChI is InChI=1S/C14H16ClN3/c1-17-12(15)14(18-9-5-6-10-18)16-13(17)11-7-3-2-4-8-11/h2-4,7-8H,5-6,9-10H2,1H3. The summed E-state index contributed by atoms with van der Waals surface area (Å²) in [5.74, 6) is 1.86. The van der Waals surface area contributed by atoms with Crippen LogP contribution in [0.5, 0.6) is 0 Å². The van der Waals surface area contributed by atoms with Gasteiger partial charge in [-0.15, -0.1) is 0 Å². The molecule has 1 aromatic heterocycles. The Hall–Kier alpha value is -1.48. The summed E-state index contributed by atoms with van der Waals surface area (Å²) in [5.41, 5.74) is 1.10. The van der Waals surface area contributed by atoms with Crippen LogP contribution in [0.2, 0.25) is 5.15 Å². The molecule has 4 heteroatoms. The van der Waals surface area contributed by atoms with E-state index in [9.17, 15) is 0 Å². The maximum Gasteiger partial charge on any atom is 0.167 e. The zero-order valence-electron chi connectivity index (χ0n) is 10.4. The van der Waals surface area contributed by atoms with Gasteiger partial charge in [0.25, 0.3) is 0 Å².